The fourth-order valence-electron chi connectivity index (χ4n) is 1.94. The molecular weight excluding hydrogens is 220 g/mol. The van der Waals surface area contributed by atoms with Crippen molar-refractivity contribution in [3.8, 4) is 11.5 Å². The van der Waals surface area contributed by atoms with E-state index in [0.717, 1.165) is 23.3 Å². The molecule has 0 N–H and O–H groups in total. The average Bonchev–Trinajstić information content (AvgIpc) is 2.36. The van der Waals surface area contributed by atoms with E-state index in [1.165, 1.54) is 14.2 Å². The number of carbonyl (C=O) groups is 1. The minimum absolute atomic E-state index is 0.392. The van der Waals surface area contributed by atoms with Gasteiger partial charge in [-0.25, -0.2) is 4.79 Å². The highest BCUT2D eigenvalue weighted by atomic mass is 16.5. The molecule has 0 aliphatic rings. The lowest BCUT2D eigenvalue weighted by atomic mass is 9.98. The summed E-state index contributed by atoms with van der Waals surface area (Å²) in [4.78, 5) is 11.7. The summed E-state index contributed by atoms with van der Waals surface area (Å²) in [5.41, 5.74) is 2.30. The SMILES string of the molecule is CCc1c(OC)cc(OC)c(C(=O)OC)c1C. The molecule has 0 saturated heterocycles. The van der Waals surface area contributed by atoms with Gasteiger partial charge in [0.15, 0.2) is 0 Å². The second kappa shape index (κ2) is 5.57. The van der Waals surface area contributed by atoms with Crippen LogP contribution in [-0.4, -0.2) is 27.3 Å². The second-order valence-corrected chi connectivity index (χ2v) is 3.60. The van der Waals surface area contributed by atoms with Gasteiger partial charge in [0, 0.05) is 6.07 Å². The zero-order chi connectivity index (χ0) is 13.0. The van der Waals surface area contributed by atoms with Gasteiger partial charge in [0.05, 0.1) is 21.3 Å². The monoisotopic (exact) mass is 238 g/mol. The predicted octanol–water partition coefficient (Wildman–Crippen LogP) is 2.36. The number of carbonyl (C=O) groups excluding carboxylic acids is 1. The third-order valence-electron chi connectivity index (χ3n) is 2.82. The van der Waals surface area contributed by atoms with Crippen LogP contribution in [-0.2, 0) is 11.2 Å². The van der Waals surface area contributed by atoms with Crippen molar-refractivity contribution in [2.45, 2.75) is 20.3 Å². The molecule has 0 bridgehead atoms. The molecule has 0 atom stereocenters. The minimum Gasteiger partial charge on any atom is -0.496 e. The zero-order valence-corrected chi connectivity index (χ0v) is 10.9. The van der Waals surface area contributed by atoms with Crippen molar-refractivity contribution >= 4 is 5.97 Å². The standard InChI is InChI=1S/C13H18O4/c1-6-9-8(2)12(13(14)17-5)11(16-4)7-10(9)15-3/h7H,6H2,1-5H3. The molecule has 17 heavy (non-hydrogen) atoms. The Hall–Kier alpha value is -1.71. The van der Waals surface area contributed by atoms with E-state index in [4.69, 9.17) is 14.2 Å². The Labute approximate surface area is 101 Å². The number of rotatable bonds is 4. The van der Waals surface area contributed by atoms with Gasteiger partial charge >= 0.3 is 5.97 Å². The van der Waals surface area contributed by atoms with Gasteiger partial charge in [-0.3, -0.25) is 0 Å². The van der Waals surface area contributed by atoms with Crippen molar-refractivity contribution in [1.82, 2.24) is 0 Å². The summed E-state index contributed by atoms with van der Waals surface area (Å²) in [7, 11) is 4.48. The maximum atomic E-state index is 11.7. The molecule has 1 aromatic rings. The predicted molar refractivity (Wildman–Crippen MR) is 65.0 cm³/mol. The molecule has 0 saturated carbocycles. The van der Waals surface area contributed by atoms with Gasteiger partial charge in [-0.1, -0.05) is 6.92 Å². The smallest absolute Gasteiger partial charge is 0.341 e. The van der Waals surface area contributed by atoms with Crippen molar-refractivity contribution in [1.29, 1.82) is 0 Å². The molecule has 0 fully saturated rings. The topological polar surface area (TPSA) is 44.8 Å². The Balaban J connectivity index is 3.52. The highest BCUT2D eigenvalue weighted by Crippen LogP contribution is 2.33. The van der Waals surface area contributed by atoms with Crippen LogP contribution in [0.2, 0.25) is 0 Å². The highest BCUT2D eigenvalue weighted by molar-refractivity contribution is 5.95. The third kappa shape index (κ3) is 2.35. The summed E-state index contributed by atoms with van der Waals surface area (Å²) in [6, 6.07) is 1.72. The lowest BCUT2D eigenvalue weighted by Gasteiger charge is -2.16. The van der Waals surface area contributed by atoms with Crippen LogP contribution in [0.25, 0.3) is 0 Å². The van der Waals surface area contributed by atoms with Gasteiger partial charge in [-0.2, -0.15) is 0 Å². The van der Waals surface area contributed by atoms with Crippen LogP contribution in [0.1, 0.15) is 28.4 Å². The van der Waals surface area contributed by atoms with E-state index in [1.54, 1.807) is 13.2 Å². The number of esters is 1. The molecule has 0 spiro atoms. The summed E-state index contributed by atoms with van der Waals surface area (Å²) in [6.07, 6.45) is 0.781. The quantitative estimate of drug-likeness (QED) is 0.755. The first-order valence-corrected chi connectivity index (χ1v) is 5.43. The van der Waals surface area contributed by atoms with Gasteiger partial charge in [-0.15, -0.1) is 0 Å². The van der Waals surface area contributed by atoms with Gasteiger partial charge in [0.2, 0.25) is 0 Å². The number of hydrogen-bond acceptors (Lipinski definition) is 4. The zero-order valence-electron chi connectivity index (χ0n) is 10.9. The molecule has 0 aliphatic heterocycles. The molecule has 0 aliphatic carbocycles. The summed E-state index contributed by atoms with van der Waals surface area (Å²) in [5, 5.41) is 0. The highest BCUT2D eigenvalue weighted by Gasteiger charge is 2.21. The molecule has 4 nitrogen and oxygen atoms in total. The molecule has 0 amide bonds. The fourth-order valence-corrected chi connectivity index (χ4v) is 1.94. The van der Waals surface area contributed by atoms with Gasteiger partial charge in [0.25, 0.3) is 0 Å². The van der Waals surface area contributed by atoms with E-state index in [0.29, 0.717) is 11.3 Å². The Bertz CT molecular complexity index is 424. The van der Waals surface area contributed by atoms with E-state index in [2.05, 4.69) is 0 Å². The second-order valence-electron chi connectivity index (χ2n) is 3.60. The van der Waals surface area contributed by atoms with Crippen LogP contribution in [0.4, 0.5) is 0 Å². The van der Waals surface area contributed by atoms with Crippen LogP contribution >= 0.6 is 0 Å². The van der Waals surface area contributed by atoms with Crippen LogP contribution in [0.3, 0.4) is 0 Å². The lowest BCUT2D eigenvalue weighted by molar-refractivity contribution is 0.0596. The average molecular weight is 238 g/mol. The Kier molecular flexibility index (Phi) is 4.37. The molecule has 0 radical (unpaired) electrons. The van der Waals surface area contributed by atoms with Crippen LogP contribution < -0.4 is 9.47 Å². The molecule has 0 unspecified atom stereocenters. The molecular formula is C13H18O4. The number of benzene rings is 1. The number of ether oxygens (including phenoxy) is 3. The first kappa shape index (κ1) is 13.4. The fraction of sp³-hybridized carbons (Fsp3) is 0.462. The van der Waals surface area contributed by atoms with Crippen LogP contribution in [0, 0.1) is 6.92 Å². The van der Waals surface area contributed by atoms with Crippen molar-refractivity contribution in [2.75, 3.05) is 21.3 Å². The Morgan fingerprint density at radius 1 is 1.18 bits per heavy atom. The van der Waals surface area contributed by atoms with Crippen molar-refractivity contribution in [3.63, 3.8) is 0 Å². The summed E-state index contributed by atoms with van der Waals surface area (Å²) >= 11 is 0. The summed E-state index contributed by atoms with van der Waals surface area (Å²) in [5.74, 6) is 0.814. The van der Waals surface area contributed by atoms with E-state index in [-0.39, 0.29) is 0 Å². The Morgan fingerprint density at radius 2 is 1.76 bits per heavy atom. The molecule has 0 aromatic heterocycles. The first-order valence-electron chi connectivity index (χ1n) is 5.43. The maximum Gasteiger partial charge on any atom is 0.341 e. The van der Waals surface area contributed by atoms with E-state index >= 15 is 0 Å². The van der Waals surface area contributed by atoms with Gasteiger partial charge in [0.1, 0.15) is 17.1 Å². The van der Waals surface area contributed by atoms with Crippen LogP contribution in [0.5, 0.6) is 11.5 Å². The van der Waals surface area contributed by atoms with Gasteiger partial charge < -0.3 is 14.2 Å². The van der Waals surface area contributed by atoms with Crippen molar-refractivity contribution in [3.05, 3.63) is 22.8 Å². The van der Waals surface area contributed by atoms with E-state index in [9.17, 15) is 4.79 Å². The summed E-state index contributed by atoms with van der Waals surface area (Å²) < 4.78 is 15.3. The molecule has 0 heterocycles. The van der Waals surface area contributed by atoms with Crippen molar-refractivity contribution in [2.24, 2.45) is 0 Å². The summed E-state index contributed by atoms with van der Waals surface area (Å²) in [6.45, 7) is 3.88. The normalized spacial score (nSPS) is 9.94. The number of methoxy groups -OCH3 is 3. The van der Waals surface area contributed by atoms with Gasteiger partial charge in [-0.05, 0) is 24.5 Å². The number of hydrogen-bond donors (Lipinski definition) is 0. The maximum absolute atomic E-state index is 11.7. The van der Waals surface area contributed by atoms with Crippen LogP contribution in [0.15, 0.2) is 6.07 Å². The Morgan fingerprint density at radius 3 is 2.18 bits per heavy atom. The first-order chi connectivity index (χ1) is 8.10. The lowest BCUT2D eigenvalue weighted by Crippen LogP contribution is -2.09. The molecule has 94 valence electrons. The molecule has 1 rings (SSSR count). The molecule has 4 heteroatoms. The largest absolute Gasteiger partial charge is 0.496 e. The molecule has 1 aromatic carbocycles. The van der Waals surface area contributed by atoms with E-state index in [1.807, 2.05) is 13.8 Å². The van der Waals surface area contributed by atoms with Crippen molar-refractivity contribution < 1.29 is 19.0 Å². The van der Waals surface area contributed by atoms with E-state index < -0.39 is 5.97 Å². The third-order valence-corrected chi connectivity index (χ3v) is 2.82. The minimum atomic E-state index is -0.392.